The van der Waals surface area contributed by atoms with E-state index in [-0.39, 0.29) is 11.9 Å². The molecule has 1 aliphatic heterocycles. The molecule has 1 atom stereocenters. The highest BCUT2D eigenvalue weighted by Gasteiger charge is 2.26. The van der Waals surface area contributed by atoms with Crippen LogP contribution in [0.25, 0.3) is 0 Å². The fourth-order valence-corrected chi connectivity index (χ4v) is 3.66. The molecule has 1 saturated carbocycles. The Morgan fingerprint density at radius 1 is 1.10 bits per heavy atom. The van der Waals surface area contributed by atoms with Gasteiger partial charge in [-0.3, -0.25) is 0 Å². The summed E-state index contributed by atoms with van der Waals surface area (Å²) >= 11 is 0. The summed E-state index contributed by atoms with van der Waals surface area (Å²) < 4.78 is 15.2. The average Bonchev–Trinajstić information content (AvgIpc) is 3.16. The minimum Gasteiger partial charge on any atom is -0.370 e. The molecule has 110 valence electrons. The van der Waals surface area contributed by atoms with E-state index in [2.05, 4.69) is 16.1 Å². The SMILES string of the molecule is Fc1ccc(C2CCNc3cc(C4CCCC4)nn32)cc1. The highest BCUT2D eigenvalue weighted by atomic mass is 19.1. The second kappa shape index (κ2) is 5.17. The van der Waals surface area contributed by atoms with E-state index in [0.29, 0.717) is 5.92 Å². The van der Waals surface area contributed by atoms with E-state index >= 15 is 0 Å². The summed E-state index contributed by atoms with van der Waals surface area (Å²) in [5.74, 6) is 1.55. The third-order valence-electron chi connectivity index (χ3n) is 4.80. The number of hydrogen-bond donors (Lipinski definition) is 1. The first-order chi connectivity index (χ1) is 10.3. The number of benzene rings is 1. The van der Waals surface area contributed by atoms with Crippen LogP contribution in [0.1, 0.15) is 55.3 Å². The van der Waals surface area contributed by atoms with Gasteiger partial charge in [0.05, 0.1) is 11.7 Å². The summed E-state index contributed by atoms with van der Waals surface area (Å²) in [6.45, 7) is 0.942. The maximum Gasteiger partial charge on any atom is 0.125 e. The van der Waals surface area contributed by atoms with Crippen LogP contribution in [0.4, 0.5) is 10.2 Å². The van der Waals surface area contributed by atoms with Gasteiger partial charge in [-0.1, -0.05) is 25.0 Å². The van der Waals surface area contributed by atoms with Gasteiger partial charge in [-0.15, -0.1) is 0 Å². The number of fused-ring (bicyclic) bond motifs is 1. The standard InChI is InChI=1S/C17H20FN3/c18-14-7-5-13(6-8-14)16-9-10-19-17-11-15(20-21(16)17)12-3-1-2-4-12/h5-8,11-12,16,19H,1-4,9-10H2. The molecular weight excluding hydrogens is 265 g/mol. The third-order valence-corrected chi connectivity index (χ3v) is 4.80. The number of anilines is 1. The highest BCUT2D eigenvalue weighted by molar-refractivity contribution is 5.42. The van der Waals surface area contributed by atoms with Crippen molar-refractivity contribution < 1.29 is 4.39 Å². The second-order valence-corrected chi connectivity index (χ2v) is 6.16. The quantitative estimate of drug-likeness (QED) is 0.901. The average molecular weight is 285 g/mol. The molecule has 4 heteroatoms. The van der Waals surface area contributed by atoms with Crippen LogP contribution in [0.5, 0.6) is 0 Å². The number of nitrogens with one attached hydrogen (secondary N) is 1. The van der Waals surface area contributed by atoms with Crippen molar-refractivity contribution >= 4 is 5.82 Å². The van der Waals surface area contributed by atoms with Crippen molar-refractivity contribution in [3.05, 3.63) is 47.4 Å². The van der Waals surface area contributed by atoms with Crippen molar-refractivity contribution in [1.29, 1.82) is 0 Å². The van der Waals surface area contributed by atoms with Crippen molar-refractivity contribution in [2.45, 2.75) is 44.1 Å². The van der Waals surface area contributed by atoms with E-state index in [4.69, 9.17) is 5.10 Å². The van der Waals surface area contributed by atoms with Crippen LogP contribution in [0.3, 0.4) is 0 Å². The normalized spacial score (nSPS) is 22.0. The van der Waals surface area contributed by atoms with Crippen LogP contribution in [0, 0.1) is 5.82 Å². The largest absolute Gasteiger partial charge is 0.370 e. The maximum atomic E-state index is 13.1. The predicted molar refractivity (Wildman–Crippen MR) is 81.1 cm³/mol. The van der Waals surface area contributed by atoms with Gasteiger partial charge in [0.15, 0.2) is 0 Å². The van der Waals surface area contributed by atoms with Crippen molar-refractivity contribution in [3.63, 3.8) is 0 Å². The zero-order chi connectivity index (χ0) is 14.2. The van der Waals surface area contributed by atoms with E-state index in [1.165, 1.54) is 31.4 Å². The summed E-state index contributed by atoms with van der Waals surface area (Å²) in [6, 6.07) is 9.28. The van der Waals surface area contributed by atoms with Crippen LogP contribution < -0.4 is 5.32 Å². The minimum atomic E-state index is -0.181. The highest BCUT2D eigenvalue weighted by Crippen LogP contribution is 2.37. The number of rotatable bonds is 2. The lowest BCUT2D eigenvalue weighted by Crippen LogP contribution is -2.24. The molecule has 1 unspecified atom stereocenters. The fourth-order valence-electron chi connectivity index (χ4n) is 3.66. The van der Waals surface area contributed by atoms with Gasteiger partial charge in [-0.25, -0.2) is 9.07 Å². The monoisotopic (exact) mass is 285 g/mol. The van der Waals surface area contributed by atoms with Gasteiger partial charge in [0, 0.05) is 18.5 Å². The summed E-state index contributed by atoms with van der Waals surface area (Å²) in [5, 5.41) is 8.32. The Kier molecular flexibility index (Phi) is 3.17. The van der Waals surface area contributed by atoms with Gasteiger partial charge in [-0.2, -0.15) is 5.10 Å². The minimum absolute atomic E-state index is 0.181. The van der Waals surface area contributed by atoms with E-state index < -0.39 is 0 Å². The molecule has 2 aromatic rings. The lowest BCUT2D eigenvalue weighted by Gasteiger charge is -2.26. The molecule has 1 aromatic carbocycles. The topological polar surface area (TPSA) is 29.9 Å². The molecule has 2 heterocycles. The number of halogens is 1. The molecule has 4 rings (SSSR count). The lowest BCUT2D eigenvalue weighted by molar-refractivity contribution is 0.473. The Bertz CT molecular complexity index is 626. The van der Waals surface area contributed by atoms with Crippen LogP contribution in [-0.2, 0) is 0 Å². The lowest BCUT2D eigenvalue weighted by atomic mass is 10.0. The van der Waals surface area contributed by atoms with Crippen molar-refractivity contribution in [2.75, 3.05) is 11.9 Å². The Balaban J connectivity index is 1.68. The molecule has 3 nitrogen and oxygen atoms in total. The first kappa shape index (κ1) is 12.9. The zero-order valence-corrected chi connectivity index (χ0v) is 12.1. The fraction of sp³-hybridized carbons (Fsp3) is 0.471. The molecule has 0 amide bonds. The molecule has 1 aliphatic carbocycles. The smallest absolute Gasteiger partial charge is 0.125 e. The second-order valence-electron chi connectivity index (χ2n) is 6.16. The Morgan fingerprint density at radius 3 is 2.62 bits per heavy atom. The molecule has 2 aliphatic rings. The van der Waals surface area contributed by atoms with E-state index in [1.807, 2.05) is 12.1 Å². The Hall–Kier alpha value is -1.84. The molecule has 0 radical (unpaired) electrons. The van der Waals surface area contributed by atoms with Gasteiger partial charge in [0.1, 0.15) is 11.6 Å². The Labute approximate surface area is 124 Å². The summed E-state index contributed by atoms with van der Waals surface area (Å²) in [6.07, 6.45) is 6.16. The van der Waals surface area contributed by atoms with Gasteiger partial charge in [0.2, 0.25) is 0 Å². The molecule has 0 spiro atoms. The molecule has 0 saturated heterocycles. The Morgan fingerprint density at radius 2 is 1.86 bits per heavy atom. The molecule has 1 N–H and O–H groups in total. The van der Waals surface area contributed by atoms with Gasteiger partial charge < -0.3 is 5.32 Å². The van der Waals surface area contributed by atoms with E-state index in [1.54, 1.807) is 12.1 Å². The molecule has 1 aromatic heterocycles. The van der Waals surface area contributed by atoms with Crippen molar-refractivity contribution in [1.82, 2.24) is 9.78 Å². The first-order valence-corrected chi connectivity index (χ1v) is 7.90. The number of nitrogens with zero attached hydrogens (tertiary/aromatic N) is 2. The first-order valence-electron chi connectivity index (χ1n) is 7.90. The van der Waals surface area contributed by atoms with Crippen LogP contribution >= 0.6 is 0 Å². The number of aromatic nitrogens is 2. The van der Waals surface area contributed by atoms with Crippen molar-refractivity contribution in [3.8, 4) is 0 Å². The van der Waals surface area contributed by atoms with Crippen molar-refractivity contribution in [2.24, 2.45) is 0 Å². The van der Waals surface area contributed by atoms with Crippen LogP contribution in [0.15, 0.2) is 30.3 Å². The van der Waals surface area contributed by atoms with Crippen LogP contribution in [-0.4, -0.2) is 16.3 Å². The third kappa shape index (κ3) is 2.33. The molecular formula is C17H20FN3. The van der Waals surface area contributed by atoms with Gasteiger partial charge in [-0.05, 0) is 37.0 Å². The van der Waals surface area contributed by atoms with Gasteiger partial charge >= 0.3 is 0 Å². The summed E-state index contributed by atoms with van der Waals surface area (Å²) in [5.41, 5.74) is 2.37. The zero-order valence-electron chi connectivity index (χ0n) is 12.1. The molecule has 0 bridgehead atoms. The number of hydrogen-bond acceptors (Lipinski definition) is 2. The van der Waals surface area contributed by atoms with E-state index in [9.17, 15) is 4.39 Å². The predicted octanol–water partition coefficient (Wildman–Crippen LogP) is 4.08. The van der Waals surface area contributed by atoms with Gasteiger partial charge in [0.25, 0.3) is 0 Å². The molecule has 21 heavy (non-hydrogen) atoms. The van der Waals surface area contributed by atoms with Crippen LogP contribution in [0.2, 0.25) is 0 Å². The maximum absolute atomic E-state index is 13.1. The van der Waals surface area contributed by atoms with E-state index in [0.717, 1.165) is 24.3 Å². The molecule has 1 fully saturated rings. The summed E-state index contributed by atoms with van der Waals surface area (Å²) in [4.78, 5) is 0. The summed E-state index contributed by atoms with van der Waals surface area (Å²) in [7, 11) is 0.